The molecular weight excluding hydrogens is 279 g/mol. The first-order valence-electron chi connectivity index (χ1n) is 7.02. The second-order valence-electron chi connectivity index (χ2n) is 5.30. The molecule has 0 aliphatic heterocycles. The van der Waals surface area contributed by atoms with E-state index in [1.54, 1.807) is 13.0 Å². The van der Waals surface area contributed by atoms with Crippen LogP contribution >= 0.6 is 0 Å². The predicted octanol–water partition coefficient (Wildman–Crippen LogP) is 5.08. The summed E-state index contributed by atoms with van der Waals surface area (Å²) in [5.74, 6) is -0.316. The molecule has 0 atom stereocenters. The standard InChI is InChI=1S/C19H15FO2/c1-12-3-5-14(6-4-12)7-9-17(21)19-13(2)16-11-15(20)8-10-18(16)22-19/h3-11H,1-2H3/b9-7+. The Morgan fingerprint density at radius 2 is 1.82 bits per heavy atom. The van der Waals surface area contributed by atoms with Gasteiger partial charge in [0.15, 0.2) is 5.76 Å². The molecule has 2 aromatic carbocycles. The van der Waals surface area contributed by atoms with Crippen LogP contribution in [-0.2, 0) is 0 Å². The Morgan fingerprint density at radius 3 is 2.55 bits per heavy atom. The van der Waals surface area contributed by atoms with Crippen molar-refractivity contribution in [2.75, 3.05) is 0 Å². The number of carbonyl (C=O) groups is 1. The van der Waals surface area contributed by atoms with Crippen molar-refractivity contribution in [3.8, 4) is 0 Å². The minimum Gasteiger partial charge on any atom is -0.452 e. The molecule has 0 aliphatic carbocycles. The number of benzene rings is 2. The van der Waals surface area contributed by atoms with E-state index in [2.05, 4.69) is 0 Å². The quantitative estimate of drug-likeness (QED) is 0.498. The first-order chi connectivity index (χ1) is 10.5. The smallest absolute Gasteiger partial charge is 0.221 e. The molecule has 0 aliphatic rings. The van der Waals surface area contributed by atoms with Crippen LogP contribution in [0.4, 0.5) is 4.39 Å². The third-order valence-corrected chi connectivity index (χ3v) is 3.63. The molecular formula is C19H15FO2. The molecule has 0 bridgehead atoms. The number of fused-ring (bicyclic) bond motifs is 1. The van der Waals surface area contributed by atoms with E-state index < -0.39 is 0 Å². The summed E-state index contributed by atoms with van der Waals surface area (Å²) in [5.41, 5.74) is 3.29. The fraction of sp³-hybridized carbons (Fsp3) is 0.105. The van der Waals surface area contributed by atoms with Gasteiger partial charge in [0.2, 0.25) is 5.78 Å². The topological polar surface area (TPSA) is 30.2 Å². The SMILES string of the molecule is Cc1ccc(/C=C/C(=O)c2oc3ccc(F)cc3c2C)cc1. The van der Waals surface area contributed by atoms with Crippen molar-refractivity contribution in [3.05, 3.63) is 76.8 Å². The molecule has 2 nitrogen and oxygen atoms in total. The zero-order valence-corrected chi connectivity index (χ0v) is 12.4. The van der Waals surface area contributed by atoms with Gasteiger partial charge < -0.3 is 4.42 Å². The van der Waals surface area contributed by atoms with Crippen molar-refractivity contribution in [2.24, 2.45) is 0 Å². The van der Waals surface area contributed by atoms with E-state index in [0.717, 1.165) is 5.56 Å². The molecule has 110 valence electrons. The summed E-state index contributed by atoms with van der Waals surface area (Å²) < 4.78 is 18.8. The molecule has 3 aromatic rings. The highest BCUT2D eigenvalue weighted by molar-refractivity contribution is 6.08. The van der Waals surface area contributed by atoms with Crippen molar-refractivity contribution in [2.45, 2.75) is 13.8 Å². The minimum atomic E-state index is -0.342. The maximum atomic E-state index is 13.3. The van der Waals surface area contributed by atoms with Crippen molar-refractivity contribution in [3.63, 3.8) is 0 Å². The number of rotatable bonds is 3. The summed E-state index contributed by atoms with van der Waals surface area (Å²) >= 11 is 0. The Hall–Kier alpha value is -2.68. The predicted molar refractivity (Wildman–Crippen MR) is 85.5 cm³/mol. The van der Waals surface area contributed by atoms with E-state index in [0.29, 0.717) is 16.5 Å². The minimum absolute atomic E-state index is 0.227. The van der Waals surface area contributed by atoms with Crippen molar-refractivity contribution in [1.29, 1.82) is 0 Å². The van der Waals surface area contributed by atoms with Crippen molar-refractivity contribution < 1.29 is 13.6 Å². The molecule has 0 N–H and O–H groups in total. The lowest BCUT2D eigenvalue weighted by Gasteiger charge is -1.95. The molecule has 3 heteroatoms. The van der Waals surface area contributed by atoms with Crippen LogP contribution < -0.4 is 0 Å². The van der Waals surface area contributed by atoms with Crippen LogP contribution in [0, 0.1) is 19.7 Å². The molecule has 1 heterocycles. The summed E-state index contributed by atoms with van der Waals surface area (Å²) in [6, 6.07) is 12.1. The number of carbonyl (C=O) groups excluding carboxylic acids is 1. The fourth-order valence-corrected chi connectivity index (χ4v) is 2.35. The first kappa shape index (κ1) is 14.3. The molecule has 0 radical (unpaired) electrons. The number of hydrogen-bond acceptors (Lipinski definition) is 2. The van der Waals surface area contributed by atoms with Crippen LogP contribution in [0.2, 0.25) is 0 Å². The van der Waals surface area contributed by atoms with E-state index >= 15 is 0 Å². The number of furan rings is 1. The second-order valence-corrected chi connectivity index (χ2v) is 5.30. The highest BCUT2D eigenvalue weighted by atomic mass is 19.1. The van der Waals surface area contributed by atoms with Gasteiger partial charge >= 0.3 is 0 Å². The second kappa shape index (κ2) is 5.60. The van der Waals surface area contributed by atoms with Gasteiger partial charge in [-0.05, 0) is 43.7 Å². The number of aryl methyl sites for hydroxylation is 2. The zero-order chi connectivity index (χ0) is 15.7. The van der Waals surface area contributed by atoms with Gasteiger partial charge in [0.25, 0.3) is 0 Å². The average Bonchev–Trinajstić information content (AvgIpc) is 2.83. The Balaban J connectivity index is 1.92. The molecule has 0 fully saturated rings. The molecule has 22 heavy (non-hydrogen) atoms. The van der Waals surface area contributed by atoms with Crippen LogP contribution in [0.5, 0.6) is 0 Å². The lowest BCUT2D eigenvalue weighted by atomic mass is 10.1. The van der Waals surface area contributed by atoms with E-state index in [1.807, 2.05) is 31.2 Å². The maximum Gasteiger partial charge on any atom is 0.221 e. The third kappa shape index (κ3) is 2.70. The van der Waals surface area contributed by atoms with Crippen LogP contribution in [0.25, 0.3) is 17.0 Å². The normalized spacial score (nSPS) is 11.4. The van der Waals surface area contributed by atoms with Crippen LogP contribution in [0.3, 0.4) is 0 Å². The Morgan fingerprint density at radius 1 is 1.09 bits per heavy atom. The van der Waals surface area contributed by atoms with E-state index in [4.69, 9.17) is 4.42 Å². The first-order valence-corrected chi connectivity index (χ1v) is 7.02. The van der Waals surface area contributed by atoms with Gasteiger partial charge in [-0.3, -0.25) is 4.79 Å². The van der Waals surface area contributed by atoms with Gasteiger partial charge in [-0.25, -0.2) is 4.39 Å². The van der Waals surface area contributed by atoms with E-state index in [1.165, 1.54) is 29.8 Å². The molecule has 0 saturated carbocycles. The van der Waals surface area contributed by atoms with E-state index in [9.17, 15) is 9.18 Å². The van der Waals surface area contributed by atoms with Crippen molar-refractivity contribution in [1.82, 2.24) is 0 Å². The third-order valence-electron chi connectivity index (χ3n) is 3.63. The Bertz CT molecular complexity index is 870. The Kier molecular flexibility index (Phi) is 3.63. The summed E-state index contributed by atoms with van der Waals surface area (Å²) in [4.78, 5) is 12.3. The molecule has 0 unspecified atom stereocenters. The number of ketones is 1. The van der Waals surface area contributed by atoms with Gasteiger partial charge in [0.05, 0.1) is 0 Å². The van der Waals surface area contributed by atoms with Gasteiger partial charge in [-0.1, -0.05) is 35.9 Å². The number of allylic oxidation sites excluding steroid dienone is 1. The maximum absolute atomic E-state index is 13.3. The zero-order valence-electron chi connectivity index (χ0n) is 12.4. The highest BCUT2D eigenvalue weighted by Crippen LogP contribution is 2.26. The lowest BCUT2D eigenvalue weighted by Crippen LogP contribution is -1.93. The summed E-state index contributed by atoms with van der Waals surface area (Å²) in [7, 11) is 0. The van der Waals surface area contributed by atoms with Crippen molar-refractivity contribution >= 4 is 22.8 Å². The fourth-order valence-electron chi connectivity index (χ4n) is 2.35. The molecule has 0 saturated heterocycles. The Labute approximate surface area is 127 Å². The van der Waals surface area contributed by atoms with Gasteiger partial charge in [-0.15, -0.1) is 0 Å². The largest absolute Gasteiger partial charge is 0.452 e. The average molecular weight is 294 g/mol. The monoisotopic (exact) mass is 294 g/mol. The number of halogens is 1. The van der Waals surface area contributed by atoms with Gasteiger partial charge in [0, 0.05) is 10.9 Å². The van der Waals surface area contributed by atoms with Gasteiger partial charge in [-0.2, -0.15) is 0 Å². The van der Waals surface area contributed by atoms with Crippen LogP contribution in [0.1, 0.15) is 27.2 Å². The number of hydrogen-bond donors (Lipinski definition) is 0. The van der Waals surface area contributed by atoms with Crippen LogP contribution in [-0.4, -0.2) is 5.78 Å². The van der Waals surface area contributed by atoms with Gasteiger partial charge in [0.1, 0.15) is 11.4 Å². The molecule has 1 aromatic heterocycles. The van der Waals surface area contributed by atoms with E-state index in [-0.39, 0.29) is 17.4 Å². The summed E-state index contributed by atoms with van der Waals surface area (Å²) in [6.07, 6.45) is 3.22. The molecule has 3 rings (SSSR count). The van der Waals surface area contributed by atoms with Crippen LogP contribution in [0.15, 0.2) is 53.0 Å². The lowest BCUT2D eigenvalue weighted by molar-refractivity contribution is 0.102. The molecule has 0 amide bonds. The highest BCUT2D eigenvalue weighted by Gasteiger charge is 2.15. The summed E-state index contributed by atoms with van der Waals surface area (Å²) in [5, 5.41) is 0.632. The summed E-state index contributed by atoms with van der Waals surface area (Å²) in [6.45, 7) is 3.77. The molecule has 0 spiro atoms.